The van der Waals surface area contributed by atoms with Gasteiger partial charge in [-0.2, -0.15) is 10.5 Å². The lowest BCUT2D eigenvalue weighted by Crippen LogP contribution is -1.98. The van der Waals surface area contributed by atoms with Crippen molar-refractivity contribution in [2.75, 3.05) is 0 Å². The summed E-state index contributed by atoms with van der Waals surface area (Å²) in [6, 6.07) is 31.7. The van der Waals surface area contributed by atoms with Crippen molar-refractivity contribution in [1.29, 1.82) is 10.5 Å². The van der Waals surface area contributed by atoms with E-state index in [2.05, 4.69) is 34.1 Å². The van der Waals surface area contributed by atoms with E-state index in [-0.39, 0.29) is 0 Å². The van der Waals surface area contributed by atoms with Gasteiger partial charge in [0.05, 0.1) is 27.7 Å². The van der Waals surface area contributed by atoms with Crippen LogP contribution in [0.1, 0.15) is 22.3 Å². The van der Waals surface area contributed by atoms with E-state index in [1.54, 1.807) is 6.07 Å². The number of rotatable bonds is 5. The van der Waals surface area contributed by atoms with E-state index in [4.69, 9.17) is 4.74 Å². The maximum Gasteiger partial charge on any atom is 0.134 e. The number of nitriles is 2. The Morgan fingerprint density at radius 3 is 2.42 bits per heavy atom. The molecule has 4 heteroatoms. The molecule has 0 spiro atoms. The zero-order valence-electron chi connectivity index (χ0n) is 16.5. The summed E-state index contributed by atoms with van der Waals surface area (Å²) >= 11 is 3.55. The van der Waals surface area contributed by atoms with Crippen LogP contribution in [0.15, 0.2) is 89.4 Å². The fourth-order valence-corrected chi connectivity index (χ4v) is 3.85. The maximum absolute atomic E-state index is 9.72. The third-order valence-electron chi connectivity index (χ3n) is 4.97. The van der Waals surface area contributed by atoms with Gasteiger partial charge in [-0.05, 0) is 68.2 Å². The van der Waals surface area contributed by atoms with Gasteiger partial charge in [0.2, 0.25) is 0 Å². The van der Waals surface area contributed by atoms with Crippen LogP contribution >= 0.6 is 15.9 Å². The zero-order valence-corrected chi connectivity index (χ0v) is 18.1. The molecule has 0 aliphatic carbocycles. The molecule has 0 amide bonds. The van der Waals surface area contributed by atoms with E-state index in [1.165, 1.54) is 0 Å². The molecule has 0 saturated carbocycles. The largest absolute Gasteiger partial charge is 0.488 e. The summed E-state index contributed by atoms with van der Waals surface area (Å²) in [6.45, 7) is 0.304. The summed E-state index contributed by atoms with van der Waals surface area (Å²) in [5, 5.41) is 21.2. The quantitative estimate of drug-likeness (QED) is 0.233. The maximum atomic E-state index is 9.72. The normalized spacial score (nSPS) is 11.0. The summed E-state index contributed by atoms with van der Waals surface area (Å²) in [4.78, 5) is 0. The number of allylic oxidation sites excluding steroid dienone is 1. The lowest BCUT2D eigenvalue weighted by atomic mass is 10.0. The SMILES string of the molecule is N#C/C(=C/c1ccc(OCc2ccccc2C#N)c(Br)c1)c1ccc2ccccc2c1. The van der Waals surface area contributed by atoms with Gasteiger partial charge in [-0.25, -0.2) is 0 Å². The Labute approximate surface area is 189 Å². The second-order valence-corrected chi connectivity index (χ2v) is 7.83. The van der Waals surface area contributed by atoms with Gasteiger partial charge in [-0.15, -0.1) is 0 Å². The van der Waals surface area contributed by atoms with Crippen LogP contribution in [-0.2, 0) is 6.61 Å². The summed E-state index contributed by atoms with van der Waals surface area (Å²) in [7, 11) is 0. The van der Waals surface area contributed by atoms with E-state index in [0.29, 0.717) is 23.5 Å². The molecule has 31 heavy (non-hydrogen) atoms. The standard InChI is InChI=1S/C27H17BrN2O/c28-26-14-19(9-12-27(26)31-18-24-8-4-3-7-23(24)16-29)13-25(17-30)22-11-10-20-5-1-2-6-21(20)15-22/h1-15H,18H2/b25-13-. The van der Waals surface area contributed by atoms with Gasteiger partial charge in [0.25, 0.3) is 0 Å². The van der Waals surface area contributed by atoms with E-state index >= 15 is 0 Å². The summed E-state index contributed by atoms with van der Waals surface area (Å²) < 4.78 is 6.68. The highest BCUT2D eigenvalue weighted by Crippen LogP contribution is 2.29. The molecule has 0 saturated heterocycles. The molecule has 0 aliphatic heterocycles. The van der Waals surface area contributed by atoms with Gasteiger partial charge < -0.3 is 4.74 Å². The van der Waals surface area contributed by atoms with Crippen molar-refractivity contribution >= 4 is 38.4 Å². The highest BCUT2D eigenvalue weighted by molar-refractivity contribution is 9.10. The summed E-state index contributed by atoms with van der Waals surface area (Å²) in [5.41, 5.74) is 3.80. The van der Waals surface area contributed by atoms with Crippen LogP contribution in [0.4, 0.5) is 0 Å². The number of hydrogen-bond donors (Lipinski definition) is 0. The topological polar surface area (TPSA) is 56.8 Å². The fourth-order valence-electron chi connectivity index (χ4n) is 3.34. The van der Waals surface area contributed by atoms with Crippen LogP contribution in [0, 0.1) is 22.7 Å². The predicted octanol–water partition coefficient (Wildman–Crippen LogP) is 7.12. The predicted molar refractivity (Wildman–Crippen MR) is 127 cm³/mol. The van der Waals surface area contributed by atoms with Gasteiger partial charge in [-0.3, -0.25) is 0 Å². The third-order valence-corrected chi connectivity index (χ3v) is 5.59. The Hall–Kier alpha value is -3.86. The van der Waals surface area contributed by atoms with Gasteiger partial charge in [-0.1, -0.05) is 60.7 Å². The van der Waals surface area contributed by atoms with Crippen molar-refractivity contribution in [1.82, 2.24) is 0 Å². The van der Waals surface area contributed by atoms with Gasteiger partial charge in [0, 0.05) is 5.56 Å². The van der Waals surface area contributed by atoms with E-state index in [0.717, 1.165) is 31.9 Å². The molecule has 0 unspecified atom stereocenters. The molecule has 0 heterocycles. The molecular weight excluding hydrogens is 448 g/mol. The third kappa shape index (κ3) is 4.67. The summed E-state index contributed by atoms with van der Waals surface area (Å²) in [6.07, 6.45) is 1.86. The first-order chi connectivity index (χ1) is 15.2. The Kier molecular flexibility index (Phi) is 6.13. The van der Waals surface area contributed by atoms with E-state index < -0.39 is 0 Å². The molecule has 0 fully saturated rings. The van der Waals surface area contributed by atoms with Gasteiger partial charge in [0.15, 0.2) is 0 Å². The average molecular weight is 465 g/mol. The highest BCUT2D eigenvalue weighted by atomic mass is 79.9. The Balaban J connectivity index is 1.57. The summed E-state index contributed by atoms with van der Waals surface area (Å²) in [5.74, 6) is 0.675. The van der Waals surface area contributed by atoms with Crippen LogP contribution in [0.3, 0.4) is 0 Å². The minimum absolute atomic E-state index is 0.304. The first kappa shape index (κ1) is 20.4. The first-order valence-electron chi connectivity index (χ1n) is 9.69. The van der Waals surface area contributed by atoms with Crippen molar-refractivity contribution in [3.63, 3.8) is 0 Å². The molecule has 4 aromatic carbocycles. The Morgan fingerprint density at radius 2 is 1.65 bits per heavy atom. The number of hydrogen-bond acceptors (Lipinski definition) is 3. The second kappa shape index (κ2) is 9.30. The molecule has 4 rings (SSSR count). The molecule has 0 bridgehead atoms. The van der Waals surface area contributed by atoms with Crippen molar-refractivity contribution in [2.24, 2.45) is 0 Å². The van der Waals surface area contributed by atoms with Crippen molar-refractivity contribution in [3.05, 3.63) is 112 Å². The molecular formula is C27H17BrN2O. The second-order valence-electron chi connectivity index (χ2n) is 6.98. The fraction of sp³-hybridized carbons (Fsp3) is 0.0370. The number of benzene rings is 4. The highest BCUT2D eigenvalue weighted by Gasteiger charge is 2.07. The number of fused-ring (bicyclic) bond motifs is 1. The zero-order chi connectivity index (χ0) is 21.6. The van der Waals surface area contributed by atoms with E-state index in [1.807, 2.05) is 78.9 Å². The lowest BCUT2D eigenvalue weighted by molar-refractivity contribution is 0.304. The minimum atomic E-state index is 0.304. The van der Waals surface area contributed by atoms with Crippen molar-refractivity contribution < 1.29 is 4.74 Å². The molecule has 4 aromatic rings. The molecule has 0 aromatic heterocycles. The monoisotopic (exact) mass is 464 g/mol. The Bertz CT molecular complexity index is 1380. The number of halogens is 1. The lowest BCUT2D eigenvalue weighted by Gasteiger charge is -2.10. The molecule has 148 valence electrons. The molecule has 0 radical (unpaired) electrons. The van der Waals surface area contributed by atoms with Crippen LogP contribution in [0.2, 0.25) is 0 Å². The molecule has 0 N–H and O–H groups in total. The molecule has 0 aliphatic rings. The van der Waals surface area contributed by atoms with Crippen molar-refractivity contribution in [3.8, 4) is 17.9 Å². The number of ether oxygens (including phenoxy) is 1. The molecule has 3 nitrogen and oxygen atoms in total. The van der Waals surface area contributed by atoms with E-state index in [9.17, 15) is 10.5 Å². The van der Waals surface area contributed by atoms with Crippen LogP contribution in [0.5, 0.6) is 5.75 Å². The molecule has 0 atom stereocenters. The van der Waals surface area contributed by atoms with Gasteiger partial charge >= 0.3 is 0 Å². The number of nitrogens with zero attached hydrogens (tertiary/aromatic N) is 2. The van der Waals surface area contributed by atoms with Crippen LogP contribution in [0.25, 0.3) is 22.4 Å². The first-order valence-corrected chi connectivity index (χ1v) is 10.5. The average Bonchev–Trinajstić information content (AvgIpc) is 2.82. The van der Waals surface area contributed by atoms with Crippen molar-refractivity contribution in [2.45, 2.75) is 6.61 Å². The van der Waals surface area contributed by atoms with Crippen LogP contribution in [-0.4, -0.2) is 0 Å². The van der Waals surface area contributed by atoms with Gasteiger partial charge in [0.1, 0.15) is 12.4 Å². The minimum Gasteiger partial charge on any atom is -0.488 e. The smallest absolute Gasteiger partial charge is 0.134 e. The van der Waals surface area contributed by atoms with Crippen LogP contribution < -0.4 is 4.74 Å². The Morgan fingerprint density at radius 1 is 0.871 bits per heavy atom.